The smallest absolute Gasteiger partial charge is 0.252 e. The summed E-state index contributed by atoms with van der Waals surface area (Å²) in [6, 6.07) is 24.3. The lowest BCUT2D eigenvalue weighted by Gasteiger charge is -2.39. The highest BCUT2D eigenvalue weighted by Gasteiger charge is 2.42. The van der Waals surface area contributed by atoms with E-state index in [0.717, 1.165) is 51.7 Å². The topological polar surface area (TPSA) is 60.9 Å². The summed E-state index contributed by atoms with van der Waals surface area (Å²) in [6.45, 7) is 3.63. The van der Waals surface area contributed by atoms with Crippen LogP contribution in [0.5, 0.6) is 0 Å². The zero-order valence-electron chi connectivity index (χ0n) is 20.7. The molecule has 2 atom stereocenters. The summed E-state index contributed by atoms with van der Waals surface area (Å²) in [4.78, 5) is 2.44. The zero-order chi connectivity index (χ0) is 25.0. The molecule has 0 unspecified atom stereocenters. The van der Waals surface area contributed by atoms with Crippen molar-refractivity contribution in [3.05, 3.63) is 89.3 Å². The largest absolute Gasteiger partial charge is 0.390 e. The second-order valence-electron chi connectivity index (χ2n) is 10.4. The number of hydrogen-bond acceptors (Lipinski definition) is 5. The molecule has 192 valence electrons. The number of aryl methyl sites for hydroxylation is 1. The number of hydrogen-bond donors (Lipinski definition) is 1. The van der Waals surface area contributed by atoms with Crippen molar-refractivity contribution in [3.63, 3.8) is 0 Å². The number of sulfonamides is 1. The van der Waals surface area contributed by atoms with Crippen molar-refractivity contribution in [3.8, 4) is 0 Å². The second-order valence-corrected chi connectivity index (χ2v) is 13.5. The molecule has 5 nitrogen and oxygen atoms in total. The highest BCUT2D eigenvalue weighted by atomic mass is 32.2. The van der Waals surface area contributed by atoms with Gasteiger partial charge in [-0.05, 0) is 60.6 Å². The van der Waals surface area contributed by atoms with E-state index in [9.17, 15) is 13.5 Å². The third kappa shape index (κ3) is 5.92. The van der Waals surface area contributed by atoms with Crippen molar-refractivity contribution in [1.82, 2.24) is 9.21 Å². The first-order valence-electron chi connectivity index (χ1n) is 13.0. The third-order valence-corrected chi connectivity index (χ3v) is 11.2. The first-order valence-corrected chi connectivity index (χ1v) is 15.3. The molecule has 2 aromatic carbocycles. The predicted octanol–water partition coefficient (Wildman–Crippen LogP) is 5.00. The van der Waals surface area contributed by atoms with E-state index in [4.69, 9.17) is 0 Å². The Labute approximate surface area is 219 Å². The average Bonchev–Trinajstić information content (AvgIpc) is 3.58. The number of rotatable bonds is 9. The number of aliphatic hydroxyl groups is 1. The number of piperidine rings is 1. The molecule has 0 bridgehead atoms. The van der Waals surface area contributed by atoms with Gasteiger partial charge in [-0.3, -0.25) is 0 Å². The average molecular weight is 525 g/mol. The quantitative estimate of drug-likeness (QED) is 0.428. The van der Waals surface area contributed by atoms with Crippen molar-refractivity contribution < 1.29 is 13.5 Å². The summed E-state index contributed by atoms with van der Waals surface area (Å²) >= 11 is 1.29. The van der Waals surface area contributed by atoms with Crippen LogP contribution in [0.1, 0.15) is 42.7 Å². The normalized spacial score (nSPS) is 23.1. The molecule has 3 heterocycles. The fourth-order valence-corrected chi connectivity index (χ4v) is 8.50. The molecule has 2 aliphatic rings. The van der Waals surface area contributed by atoms with Crippen LogP contribution in [0, 0.1) is 5.92 Å². The van der Waals surface area contributed by atoms with E-state index < -0.39 is 15.6 Å². The van der Waals surface area contributed by atoms with E-state index in [1.807, 2.05) is 29.6 Å². The van der Waals surface area contributed by atoms with Crippen LogP contribution in [0.4, 0.5) is 0 Å². The monoisotopic (exact) mass is 524 g/mol. The van der Waals surface area contributed by atoms with Crippen LogP contribution in [-0.2, 0) is 16.4 Å². The number of benzene rings is 2. The van der Waals surface area contributed by atoms with Crippen molar-refractivity contribution in [1.29, 1.82) is 0 Å². The van der Waals surface area contributed by atoms with Gasteiger partial charge in [0.1, 0.15) is 4.21 Å². The van der Waals surface area contributed by atoms with E-state index in [1.54, 1.807) is 16.4 Å². The van der Waals surface area contributed by atoms with Gasteiger partial charge in [0.2, 0.25) is 0 Å². The van der Waals surface area contributed by atoms with Gasteiger partial charge in [0.15, 0.2) is 0 Å². The van der Waals surface area contributed by atoms with Crippen LogP contribution in [0.25, 0.3) is 0 Å². The lowest BCUT2D eigenvalue weighted by Crippen LogP contribution is -2.46. The van der Waals surface area contributed by atoms with Gasteiger partial charge >= 0.3 is 0 Å². The van der Waals surface area contributed by atoms with Gasteiger partial charge in [0, 0.05) is 38.6 Å². The maximum absolute atomic E-state index is 13.3. The predicted molar refractivity (Wildman–Crippen MR) is 146 cm³/mol. The van der Waals surface area contributed by atoms with Gasteiger partial charge in [-0.15, -0.1) is 11.3 Å². The van der Waals surface area contributed by atoms with Crippen molar-refractivity contribution >= 4 is 21.4 Å². The zero-order valence-corrected chi connectivity index (χ0v) is 22.3. The van der Waals surface area contributed by atoms with Crippen molar-refractivity contribution in [2.75, 3.05) is 32.7 Å². The second kappa shape index (κ2) is 11.2. The summed E-state index contributed by atoms with van der Waals surface area (Å²) in [7, 11) is -3.47. The summed E-state index contributed by atoms with van der Waals surface area (Å²) in [5.41, 5.74) is 1.95. The highest BCUT2D eigenvalue weighted by Crippen LogP contribution is 2.38. The van der Waals surface area contributed by atoms with E-state index in [0.29, 0.717) is 17.3 Å². The Kier molecular flexibility index (Phi) is 7.93. The Bertz CT molecular complexity index is 1190. The summed E-state index contributed by atoms with van der Waals surface area (Å²) in [6.07, 6.45) is 4.39. The molecule has 2 fully saturated rings. The maximum Gasteiger partial charge on any atom is 0.252 e. The third-order valence-electron chi connectivity index (χ3n) is 7.95. The fourth-order valence-electron chi connectivity index (χ4n) is 5.83. The maximum atomic E-state index is 13.3. The molecule has 2 aliphatic heterocycles. The van der Waals surface area contributed by atoms with Gasteiger partial charge in [0.25, 0.3) is 10.0 Å². The molecule has 0 radical (unpaired) electrons. The molecule has 3 aromatic rings. The van der Waals surface area contributed by atoms with Crippen LogP contribution in [0.3, 0.4) is 0 Å². The number of thiophene rings is 1. The molecule has 5 rings (SSSR count). The summed E-state index contributed by atoms with van der Waals surface area (Å²) in [5.74, 6) is 0.402. The van der Waals surface area contributed by atoms with Crippen LogP contribution in [-0.4, -0.2) is 61.1 Å². The molecule has 1 N–H and O–H groups in total. The Morgan fingerprint density at radius 1 is 0.917 bits per heavy atom. The molecule has 0 spiro atoms. The molecule has 0 saturated carbocycles. The van der Waals surface area contributed by atoms with Crippen molar-refractivity contribution in [2.24, 2.45) is 5.92 Å². The Balaban J connectivity index is 1.20. The Morgan fingerprint density at radius 2 is 1.61 bits per heavy atom. The summed E-state index contributed by atoms with van der Waals surface area (Å²) in [5, 5.41) is 13.0. The molecule has 7 heteroatoms. The van der Waals surface area contributed by atoms with Gasteiger partial charge in [0.05, 0.1) is 5.60 Å². The first-order chi connectivity index (χ1) is 17.4. The van der Waals surface area contributed by atoms with Gasteiger partial charge in [-0.2, -0.15) is 4.31 Å². The minimum Gasteiger partial charge on any atom is -0.390 e. The van der Waals surface area contributed by atoms with E-state index >= 15 is 0 Å². The molecule has 36 heavy (non-hydrogen) atoms. The van der Waals surface area contributed by atoms with Crippen LogP contribution in [0.2, 0.25) is 0 Å². The SMILES string of the molecule is O=S(=O)(c1cccs1)N1C[C@H](CN2CCC(O)(CCCc3ccccc3)CC2)[C@@H](c2ccccc2)C1. The van der Waals surface area contributed by atoms with Gasteiger partial charge in [-0.1, -0.05) is 66.7 Å². The molecular formula is C29H36N2O3S2. The van der Waals surface area contributed by atoms with Gasteiger partial charge in [-0.25, -0.2) is 8.42 Å². The summed E-state index contributed by atoms with van der Waals surface area (Å²) < 4.78 is 28.7. The van der Waals surface area contributed by atoms with E-state index in [2.05, 4.69) is 41.3 Å². The Morgan fingerprint density at radius 3 is 2.28 bits per heavy atom. The molecule has 1 aromatic heterocycles. The molecule has 0 aliphatic carbocycles. The van der Waals surface area contributed by atoms with Crippen LogP contribution < -0.4 is 0 Å². The van der Waals surface area contributed by atoms with Crippen LogP contribution in [0.15, 0.2) is 82.4 Å². The minimum atomic E-state index is -3.47. The lowest BCUT2D eigenvalue weighted by molar-refractivity contribution is -0.0315. The standard InChI is InChI=1S/C29H36N2O3S2/c32-29(15-7-11-24-9-3-1-4-10-24)16-18-30(19-17-29)21-26-22-31(36(33,34)28-14-8-20-35-28)23-27(26)25-12-5-2-6-13-25/h1-6,8-10,12-14,20,26-27,32H,7,11,15-19,21-23H2/t26-,27+/m0/s1. The first kappa shape index (κ1) is 25.6. The highest BCUT2D eigenvalue weighted by molar-refractivity contribution is 7.91. The minimum absolute atomic E-state index is 0.174. The lowest BCUT2D eigenvalue weighted by atomic mass is 9.84. The van der Waals surface area contributed by atoms with Crippen LogP contribution >= 0.6 is 11.3 Å². The van der Waals surface area contributed by atoms with Crippen molar-refractivity contribution in [2.45, 2.75) is 47.8 Å². The fraction of sp³-hybridized carbons (Fsp3) is 0.448. The number of nitrogens with zero attached hydrogens (tertiary/aromatic N) is 2. The Hall–Kier alpha value is -2.03. The van der Waals surface area contributed by atoms with E-state index in [-0.39, 0.29) is 11.8 Å². The molecule has 0 amide bonds. The molecular weight excluding hydrogens is 488 g/mol. The van der Waals surface area contributed by atoms with E-state index in [1.165, 1.54) is 22.5 Å². The van der Waals surface area contributed by atoms with Gasteiger partial charge < -0.3 is 10.0 Å². The number of likely N-dealkylation sites (tertiary alicyclic amines) is 1. The molecule has 2 saturated heterocycles.